The Kier molecular flexibility index (Phi) is 7.11. The van der Waals surface area contributed by atoms with Crippen molar-refractivity contribution in [2.24, 2.45) is 0 Å². The lowest BCUT2D eigenvalue weighted by Gasteiger charge is -2.11. The van der Waals surface area contributed by atoms with Crippen molar-refractivity contribution < 1.29 is 4.74 Å². The van der Waals surface area contributed by atoms with Crippen molar-refractivity contribution in [2.75, 3.05) is 0 Å². The molecule has 174 valence electrons. The number of benzene rings is 3. The van der Waals surface area contributed by atoms with Crippen molar-refractivity contribution in [3.05, 3.63) is 92.1 Å². The minimum atomic E-state index is 0.00925. The van der Waals surface area contributed by atoms with E-state index in [1.54, 1.807) is 0 Å². The van der Waals surface area contributed by atoms with E-state index >= 15 is 0 Å². The van der Waals surface area contributed by atoms with Crippen LogP contribution in [-0.4, -0.2) is 20.6 Å². The van der Waals surface area contributed by atoms with E-state index < -0.39 is 0 Å². The fourth-order valence-electron chi connectivity index (χ4n) is 4.15. The van der Waals surface area contributed by atoms with Crippen LogP contribution in [0.2, 0.25) is 0 Å². The average Bonchev–Trinajstić information content (AvgIpc) is 3.50. The summed E-state index contributed by atoms with van der Waals surface area (Å²) in [4.78, 5) is 0. The van der Waals surface area contributed by atoms with Crippen molar-refractivity contribution >= 4 is 44.0 Å². The monoisotopic (exact) mass is 590 g/mol. The van der Waals surface area contributed by atoms with Gasteiger partial charge in [0.05, 0.1) is 8.80 Å². The first-order valence-corrected chi connectivity index (χ1v) is 13.2. The van der Waals surface area contributed by atoms with Gasteiger partial charge < -0.3 is 4.74 Å². The molecule has 0 amide bonds. The molecule has 0 spiro atoms. The molecule has 7 heteroatoms. The van der Waals surface area contributed by atoms with Crippen LogP contribution < -0.4 is 4.74 Å². The molecule has 5 aromatic rings. The number of aromatic nitrogens is 4. The molecule has 2 heterocycles. The van der Waals surface area contributed by atoms with Crippen LogP contribution in [0.25, 0.3) is 21.2 Å². The largest absolute Gasteiger partial charge is 0.489 e. The van der Waals surface area contributed by atoms with Gasteiger partial charge in [-0.2, -0.15) is 5.21 Å². The Morgan fingerprint density at radius 3 is 2.66 bits per heavy atom. The van der Waals surface area contributed by atoms with Crippen LogP contribution in [0.1, 0.15) is 35.4 Å². The summed E-state index contributed by atoms with van der Waals surface area (Å²) in [5.74, 6) is 7.75. The van der Waals surface area contributed by atoms with Crippen LogP contribution in [0.15, 0.2) is 66.7 Å². The molecule has 35 heavy (non-hydrogen) atoms. The van der Waals surface area contributed by atoms with Crippen LogP contribution >= 0.6 is 33.9 Å². The molecular weight excluding hydrogens is 567 g/mol. The van der Waals surface area contributed by atoms with Gasteiger partial charge >= 0.3 is 0 Å². The van der Waals surface area contributed by atoms with Gasteiger partial charge in [0, 0.05) is 22.1 Å². The Balaban J connectivity index is 1.33. The van der Waals surface area contributed by atoms with Gasteiger partial charge in [-0.15, -0.1) is 27.5 Å². The third-order valence-corrected chi connectivity index (χ3v) is 8.07. The number of halogens is 1. The third-order valence-electron chi connectivity index (χ3n) is 5.91. The van der Waals surface area contributed by atoms with Crippen LogP contribution in [0, 0.1) is 21.6 Å². The molecule has 1 atom stereocenters. The second-order valence-electron chi connectivity index (χ2n) is 8.23. The molecule has 0 saturated carbocycles. The fraction of sp³-hybridized carbons (Fsp3) is 0.179. The average molecular weight is 590 g/mol. The first kappa shape index (κ1) is 23.5. The molecule has 0 fully saturated rings. The second-order valence-corrected chi connectivity index (χ2v) is 11.1. The molecular formula is C28H23IN4OS. The fourth-order valence-corrected chi connectivity index (χ4v) is 6.36. The zero-order chi connectivity index (χ0) is 24.2. The van der Waals surface area contributed by atoms with Gasteiger partial charge in [-0.05, 0) is 83.0 Å². The normalized spacial score (nSPS) is 11.7. The van der Waals surface area contributed by atoms with Crippen LogP contribution in [0.4, 0.5) is 0 Å². The number of rotatable bonds is 7. The summed E-state index contributed by atoms with van der Waals surface area (Å²) in [5.41, 5.74) is 6.16. The van der Waals surface area contributed by atoms with E-state index in [9.17, 15) is 0 Å². The summed E-state index contributed by atoms with van der Waals surface area (Å²) in [5, 5.41) is 15.5. The SMILES string of the molecule is CC#CC(Cc1nn[nH]n1)c1ccc(OCc2ccc3sc(I)c(-c4ccccc4C)c3c2)cc1. The highest BCUT2D eigenvalue weighted by Gasteiger charge is 2.15. The summed E-state index contributed by atoms with van der Waals surface area (Å²) >= 11 is 4.30. The maximum atomic E-state index is 6.14. The summed E-state index contributed by atoms with van der Waals surface area (Å²) in [6.45, 7) is 4.52. The lowest BCUT2D eigenvalue weighted by molar-refractivity contribution is 0.306. The molecule has 0 aliphatic rings. The van der Waals surface area contributed by atoms with Crippen LogP contribution in [0.5, 0.6) is 5.75 Å². The number of ether oxygens (including phenoxy) is 1. The number of aromatic amines is 1. The predicted molar refractivity (Wildman–Crippen MR) is 150 cm³/mol. The molecule has 0 aliphatic heterocycles. The van der Waals surface area contributed by atoms with Crippen molar-refractivity contribution in [2.45, 2.75) is 32.8 Å². The van der Waals surface area contributed by atoms with Gasteiger partial charge in [0.1, 0.15) is 12.4 Å². The smallest absolute Gasteiger partial charge is 0.176 e. The number of nitrogens with zero attached hydrogens (tertiary/aromatic N) is 3. The predicted octanol–water partition coefficient (Wildman–Crippen LogP) is 6.92. The number of aryl methyl sites for hydroxylation is 1. The van der Waals surface area contributed by atoms with E-state index in [0.717, 1.165) is 16.9 Å². The number of hydrogen-bond acceptors (Lipinski definition) is 5. The van der Waals surface area contributed by atoms with E-state index in [2.05, 4.69) is 117 Å². The molecule has 0 aliphatic carbocycles. The first-order valence-electron chi connectivity index (χ1n) is 11.3. The maximum Gasteiger partial charge on any atom is 0.176 e. The molecule has 0 saturated heterocycles. The summed E-state index contributed by atoms with van der Waals surface area (Å²) < 4.78 is 8.75. The Morgan fingerprint density at radius 2 is 1.91 bits per heavy atom. The van der Waals surface area contributed by atoms with Crippen molar-refractivity contribution in [1.29, 1.82) is 0 Å². The Bertz CT molecular complexity index is 1510. The van der Waals surface area contributed by atoms with E-state index in [0.29, 0.717) is 18.9 Å². The Labute approximate surface area is 222 Å². The molecule has 5 nitrogen and oxygen atoms in total. The van der Waals surface area contributed by atoms with E-state index in [4.69, 9.17) is 4.74 Å². The van der Waals surface area contributed by atoms with Gasteiger partial charge in [-0.3, -0.25) is 0 Å². The van der Waals surface area contributed by atoms with Crippen molar-refractivity contribution in [1.82, 2.24) is 20.6 Å². The quantitative estimate of drug-likeness (QED) is 0.165. The minimum absolute atomic E-state index is 0.00925. The number of hydrogen-bond donors (Lipinski definition) is 1. The summed E-state index contributed by atoms with van der Waals surface area (Å²) in [7, 11) is 0. The van der Waals surface area contributed by atoms with Crippen LogP contribution in [0.3, 0.4) is 0 Å². The van der Waals surface area contributed by atoms with E-state index in [-0.39, 0.29) is 5.92 Å². The van der Waals surface area contributed by atoms with Gasteiger partial charge in [-0.1, -0.05) is 53.6 Å². The van der Waals surface area contributed by atoms with Gasteiger partial charge in [0.2, 0.25) is 0 Å². The molecule has 1 unspecified atom stereocenters. The molecule has 5 rings (SSSR count). The highest BCUT2D eigenvalue weighted by atomic mass is 127. The lowest BCUT2D eigenvalue weighted by Crippen LogP contribution is -2.03. The van der Waals surface area contributed by atoms with Gasteiger partial charge in [0.15, 0.2) is 5.82 Å². The maximum absolute atomic E-state index is 6.14. The number of tetrazole rings is 1. The number of fused-ring (bicyclic) bond motifs is 1. The molecule has 3 aromatic carbocycles. The van der Waals surface area contributed by atoms with Gasteiger partial charge in [0.25, 0.3) is 0 Å². The van der Waals surface area contributed by atoms with Crippen molar-refractivity contribution in [3.8, 4) is 28.7 Å². The Morgan fingerprint density at radius 1 is 1.09 bits per heavy atom. The number of H-pyrrole nitrogens is 1. The van der Waals surface area contributed by atoms with Crippen LogP contribution in [-0.2, 0) is 13.0 Å². The molecule has 1 N–H and O–H groups in total. The highest BCUT2D eigenvalue weighted by molar-refractivity contribution is 14.1. The number of thiophene rings is 1. The lowest BCUT2D eigenvalue weighted by atomic mass is 9.96. The van der Waals surface area contributed by atoms with Gasteiger partial charge in [-0.25, -0.2) is 0 Å². The second kappa shape index (κ2) is 10.6. The first-order chi connectivity index (χ1) is 17.1. The van der Waals surface area contributed by atoms with Crippen molar-refractivity contribution in [3.63, 3.8) is 0 Å². The topological polar surface area (TPSA) is 63.7 Å². The summed E-state index contributed by atoms with van der Waals surface area (Å²) in [6, 6.07) is 23.3. The molecule has 0 radical (unpaired) electrons. The Hall–Kier alpha value is -3.22. The standard InChI is InChI=1S/C28H23IN4OS/c1-3-6-21(16-26-30-32-33-31-26)20-10-12-22(13-11-20)34-17-19-9-14-25-24(15-19)27(28(29)35-25)23-8-5-4-7-18(23)2/h4-5,7-15,21H,16-17H2,1-2H3,(H,30,31,32,33). The molecule has 2 aromatic heterocycles. The van der Waals surface area contributed by atoms with E-state index in [1.165, 1.54) is 29.7 Å². The highest BCUT2D eigenvalue weighted by Crippen LogP contribution is 2.41. The molecule has 0 bridgehead atoms. The number of nitrogens with one attached hydrogen (secondary N) is 1. The zero-order valence-corrected chi connectivity index (χ0v) is 22.4. The minimum Gasteiger partial charge on any atom is -0.489 e. The van der Waals surface area contributed by atoms with E-state index in [1.807, 2.05) is 30.4 Å². The third kappa shape index (κ3) is 5.24. The zero-order valence-electron chi connectivity index (χ0n) is 19.4. The summed E-state index contributed by atoms with van der Waals surface area (Å²) in [6.07, 6.45) is 0.611.